The molecule has 3 amide bonds. The number of amides is 3. The highest BCUT2D eigenvalue weighted by atomic mass is 16.5. The highest BCUT2D eigenvalue weighted by Gasteiger charge is 2.43. The van der Waals surface area contributed by atoms with E-state index in [4.69, 9.17) is 4.74 Å². The fraction of sp³-hybridized carbons (Fsp3) is 0.304. The van der Waals surface area contributed by atoms with E-state index in [1.54, 1.807) is 62.4 Å². The predicted octanol–water partition coefficient (Wildman–Crippen LogP) is 2.56. The highest BCUT2D eigenvalue weighted by molar-refractivity contribution is 6.14. The topological polar surface area (TPSA) is 105 Å². The van der Waals surface area contributed by atoms with E-state index in [1.165, 1.54) is 11.8 Å². The van der Waals surface area contributed by atoms with Crippen LogP contribution < -0.4 is 15.5 Å². The van der Waals surface area contributed by atoms with Crippen LogP contribution >= 0.6 is 0 Å². The standard InChI is InChI=1S/C23H25N3O5/c1-15(27)24-18(16-9-5-4-6-10-16)13-21(29)31-14-20(28)26-19-12-8-7-11-17(19)25-22(30)23(26,2)3/h4-12,18H,13-14H2,1-3H3,(H,24,27)(H,25,30)/t18-/m1/s1. The quantitative estimate of drug-likeness (QED) is 0.695. The van der Waals surface area contributed by atoms with E-state index in [1.807, 2.05) is 6.07 Å². The fourth-order valence-corrected chi connectivity index (χ4v) is 3.51. The maximum atomic E-state index is 13.0. The molecule has 0 saturated carbocycles. The Labute approximate surface area is 180 Å². The lowest BCUT2D eigenvalue weighted by Crippen LogP contribution is -2.59. The summed E-state index contributed by atoms with van der Waals surface area (Å²) in [5.74, 6) is -1.77. The van der Waals surface area contributed by atoms with Crippen LogP contribution in [0.15, 0.2) is 54.6 Å². The summed E-state index contributed by atoms with van der Waals surface area (Å²) >= 11 is 0. The number of hydrogen-bond donors (Lipinski definition) is 2. The molecule has 1 atom stereocenters. The summed E-state index contributed by atoms with van der Waals surface area (Å²) in [6.07, 6.45) is -0.128. The molecule has 0 fully saturated rings. The van der Waals surface area contributed by atoms with Gasteiger partial charge in [-0.25, -0.2) is 0 Å². The van der Waals surface area contributed by atoms with Crippen LogP contribution in [0.3, 0.4) is 0 Å². The van der Waals surface area contributed by atoms with Gasteiger partial charge in [0.15, 0.2) is 6.61 Å². The molecule has 8 heteroatoms. The van der Waals surface area contributed by atoms with Crippen LogP contribution in [0, 0.1) is 0 Å². The number of rotatable bonds is 6. The third-order valence-electron chi connectivity index (χ3n) is 5.06. The Kier molecular flexibility index (Phi) is 6.39. The van der Waals surface area contributed by atoms with Gasteiger partial charge in [-0.3, -0.25) is 24.1 Å². The number of ether oxygens (including phenoxy) is 1. The lowest BCUT2D eigenvalue weighted by molar-refractivity contribution is -0.148. The number of anilines is 2. The lowest BCUT2D eigenvalue weighted by Gasteiger charge is -2.41. The predicted molar refractivity (Wildman–Crippen MR) is 115 cm³/mol. The van der Waals surface area contributed by atoms with Crippen molar-refractivity contribution in [2.24, 2.45) is 0 Å². The molecule has 162 valence electrons. The van der Waals surface area contributed by atoms with Crippen molar-refractivity contribution in [3.8, 4) is 0 Å². The van der Waals surface area contributed by atoms with Gasteiger partial charge in [0.25, 0.3) is 5.91 Å². The van der Waals surface area contributed by atoms with Crippen LogP contribution in [-0.4, -0.2) is 35.8 Å². The molecule has 0 spiro atoms. The zero-order valence-electron chi connectivity index (χ0n) is 17.7. The number of benzene rings is 2. The SMILES string of the molecule is CC(=O)N[C@H](CC(=O)OCC(=O)N1c2ccccc2NC(=O)C1(C)C)c1ccccc1. The first-order chi connectivity index (χ1) is 14.7. The summed E-state index contributed by atoms with van der Waals surface area (Å²) in [6, 6.07) is 15.4. The Morgan fingerprint density at radius 2 is 1.71 bits per heavy atom. The molecule has 1 heterocycles. The normalized spacial score (nSPS) is 15.3. The first-order valence-corrected chi connectivity index (χ1v) is 9.91. The Morgan fingerprint density at radius 3 is 2.39 bits per heavy atom. The van der Waals surface area contributed by atoms with Gasteiger partial charge in [-0.15, -0.1) is 0 Å². The molecule has 2 aromatic carbocycles. The molecule has 0 radical (unpaired) electrons. The molecule has 0 unspecified atom stereocenters. The zero-order valence-corrected chi connectivity index (χ0v) is 17.7. The summed E-state index contributed by atoms with van der Waals surface area (Å²) in [6.45, 7) is 4.09. The van der Waals surface area contributed by atoms with Gasteiger partial charge in [0.05, 0.1) is 23.8 Å². The van der Waals surface area contributed by atoms with Crippen molar-refractivity contribution < 1.29 is 23.9 Å². The second kappa shape index (κ2) is 8.99. The van der Waals surface area contributed by atoms with Crippen molar-refractivity contribution in [1.29, 1.82) is 0 Å². The smallest absolute Gasteiger partial charge is 0.308 e. The van der Waals surface area contributed by atoms with Gasteiger partial charge in [-0.2, -0.15) is 0 Å². The van der Waals surface area contributed by atoms with Gasteiger partial charge in [0.1, 0.15) is 5.54 Å². The minimum Gasteiger partial charge on any atom is -0.455 e. The maximum absolute atomic E-state index is 13.0. The van der Waals surface area contributed by atoms with E-state index in [9.17, 15) is 19.2 Å². The van der Waals surface area contributed by atoms with Crippen LogP contribution in [0.1, 0.15) is 38.8 Å². The minimum absolute atomic E-state index is 0.128. The third-order valence-corrected chi connectivity index (χ3v) is 5.06. The molecule has 0 aromatic heterocycles. The molecule has 0 aliphatic carbocycles. The van der Waals surface area contributed by atoms with Crippen molar-refractivity contribution in [3.63, 3.8) is 0 Å². The summed E-state index contributed by atoms with van der Waals surface area (Å²) in [5.41, 5.74) is 0.652. The van der Waals surface area contributed by atoms with E-state index < -0.39 is 30.1 Å². The monoisotopic (exact) mass is 423 g/mol. The first-order valence-electron chi connectivity index (χ1n) is 9.91. The summed E-state index contributed by atoms with van der Waals surface area (Å²) in [7, 11) is 0. The van der Waals surface area contributed by atoms with E-state index in [2.05, 4.69) is 10.6 Å². The number of para-hydroxylation sites is 2. The number of esters is 1. The lowest BCUT2D eigenvalue weighted by atomic mass is 9.96. The largest absolute Gasteiger partial charge is 0.455 e. The van der Waals surface area contributed by atoms with Gasteiger partial charge < -0.3 is 15.4 Å². The average molecular weight is 423 g/mol. The summed E-state index contributed by atoms with van der Waals surface area (Å²) in [5, 5.41) is 5.50. The summed E-state index contributed by atoms with van der Waals surface area (Å²) < 4.78 is 5.22. The van der Waals surface area contributed by atoms with Crippen LogP contribution in [0.25, 0.3) is 0 Å². The zero-order chi connectivity index (χ0) is 22.6. The average Bonchev–Trinajstić information content (AvgIpc) is 2.72. The molecule has 0 saturated heterocycles. The number of nitrogens with one attached hydrogen (secondary N) is 2. The van der Waals surface area contributed by atoms with Crippen molar-refractivity contribution in [1.82, 2.24) is 5.32 Å². The highest BCUT2D eigenvalue weighted by Crippen LogP contribution is 2.36. The van der Waals surface area contributed by atoms with Crippen molar-refractivity contribution >= 4 is 35.1 Å². The molecule has 2 aromatic rings. The second-order valence-electron chi connectivity index (χ2n) is 7.79. The molecule has 1 aliphatic rings. The number of hydrogen-bond acceptors (Lipinski definition) is 5. The number of nitrogens with zero attached hydrogens (tertiary/aromatic N) is 1. The minimum atomic E-state index is -1.15. The van der Waals surface area contributed by atoms with E-state index in [-0.39, 0.29) is 18.2 Å². The second-order valence-corrected chi connectivity index (χ2v) is 7.79. The fourth-order valence-electron chi connectivity index (χ4n) is 3.51. The molecule has 1 aliphatic heterocycles. The molecule has 8 nitrogen and oxygen atoms in total. The first kappa shape index (κ1) is 22.0. The maximum Gasteiger partial charge on any atom is 0.308 e. The summed E-state index contributed by atoms with van der Waals surface area (Å²) in [4.78, 5) is 50.8. The van der Waals surface area contributed by atoms with Crippen LogP contribution in [0.2, 0.25) is 0 Å². The molecule has 2 N–H and O–H groups in total. The number of carbonyl (C=O) groups is 4. The number of carbonyl (C=O) groups excluding carboxylic acids is 4. The Balaban J connectivity index is 1.70. The van der Waals surface area contributed by atoms with E-state index >= 15 is 0 Å². The van der Waals surface area contributed by atoms with Gasteiger partial charge in [0.2, 0.25) is 11.8 Å². The van der Waals surface area contributed by atoms with Gasteiger partial charge in [-0.05, 0) is 31.5 Å². The van der Waals surface area contributed by atoms with Crippen molar-refractivity contribution in [2.75, 3.05) is 16.8 Å². The van der Waals surface area contributed by atoms with Crippen molar-refractivity contribution in [2.45, 2.75) is 38.8 Å². The molecular formula is C23H25N3O5. The van der Waals surface area contributed by atoms with Gasteiger partial charge >= 0.3 is 5.97 Å². The number of fused-ring (bicyclic) bond motifs is 1. The van der Waals surface area contributed by atoms with E-state index in [0.717, 1.165) is 5.56 Å². The Hall–Kier alpha value is -3.68. The van der Waals surface area contributed by atoms with Crippen LogP contribution in [0.5, 0.6) is 0 Å². The van der Waals surface area contributed by atoms with Gasteiger partial charge in [-0.1, -0.05) is 42.5 Å². The Morgan fingerprint density at radius 1 is 1.06 bits per heavy atom. The van der Waals surface area contributed by atoms with Gasteiger partial charge in [0, 0.05) is 6.92 Å². The van der Waals surface area contributed by atoms with Crippen molar-refractivity contribution in [3.05, 3.63) is 60.2 Å². The van der Waals surface area contributed by atoms with Crippen LogP contribution in [-0.2, 0) is 23.9 Å². The molecule has 3 rings (SSSR count). The molecule has 0 bridgehead atoms. The van der Waals surface area contributed by atoms with E-state index in [0.29, 0.717) is 11.4 Å². The molecular weight excluding hydrogens is 398 g/mol. The third kappa shape index (κ3) is 4.91. The molecule has 31 heavy (non-hydrogen) atoms. The Bertz CT molecular complexity index is 1000. The van der Waals surface area contributed by atoms with Crippen LogP contribution in [0.4, 0.5) is 11.4 Å².